The molecule has 0 saturated heterocycles. The first kappa shape index (κ1) is 14.5. The molecule has 0 aliphatic heterocycles. The van der Waals surface area contributed by atoms with E-state index >= 15 is 0 Å². The smallest absolute Gasteiger partial charge is 0.211 e. The van der Waals surface area contributed by atoms with Crippen LogP contribution in [-0.2, 0) is 10.0 Å². The van der Waals surface area contributed by atoms with Gasteiger partial charge in [0.15, 0.2) is 0 Å². The molecule has 0 aliphatic carbocycles. The van der Waals surface area contributed by atoms with Gasteiger partial charge in [-0.3, -0.25) is 0 Å². The molecule has 18 heavy (non-hydrogen) atoms. The molecule has 0 unspecified atom stereocenters. The van der Waals surface area contributed by atoms with Gasteiger partial charge in [-0.1, -0.05) is 22.8 Å². The molecule has 1 aromatic carbocycles. The number of benzene rings is 1. The fraction of sp³-hybridized carbons (Fsp3) is 0.455. The second-order valence-corrected chi connectivity index (χ2v) is 5.71. The van der Waals surface area contributed by atoms with Crippen LogP contribution in [0.4, 0.5) is 0 Å². The Morgan fingerprint density at radius 2 is 2.11 bits per heavy atom. The van der Waals surface area contributed by atoms with E-state index in [1.807, 2.05) is 13.0 Å². The van der Waals surface area contributed by atoms with Crippen molar-refractivity contribution < 1.29 is 8.42 Å². The van der Waals surface area contributed by atoms with Crippen molar-refractivity contribution in [1.29, 1.82) is 0 Å². The average molecular weight is 268 g/mol. The molecule has 1 rings (SSSR count). The molecule has 0 amide bonds. The van der Waals surface area contributed by atoms with Gasteiger partial charge in [-0.15, -0.1) is 0 Å². The number of nitrogens with zero attached hydrogens (tertiary/aromatic N) is 3. The highest BCUT2D eigenvalue weighted by molar-refractivity contribution is 7.89. The molecule has 0 spiro atoms. The van der Waals surface area contributed by atoms with E-state index < -0.39 is 10.0 Å². The van der Waals surface area contributed by atoms with Crippen LogP contribution in [0.5, 0.6) is 0 Å². The maximum Gasteiger partial charge on any atom is 0.240 e. The Morgan fingerprint density at radius 1 is 1.39 bits per heavy atom. The molecule has 0 radical (unpaired) electrons. The molecule has 0 aliphatic rings. The number of azide groups is 1. The third-order valence-electron chi connectivity index (χ3n) is 2.41. The monoisotopic (exact) mass is 268 g/mol. The molecule has 0 saturated carbocycles. The van der Waals surface area contributed by atoms with Gasteiger partial charge >= 0.3 is 0 Å². The van der Waals surface area contributed by atoms with Crippen LogP contribution in [0.2, 0.25) is 0 Å². The molecule has 0 heterocycles. The van der Waals surface area contributed by atoms with Crippen LogP contribution in [0.1, 0.15) is 17.5 Å². The second-order valence-electron chi connectivity index (χ2n) is 3.97. The number of sulfonamides is 1. The van der Waals surface area contributed by atoms with Crippen molar-refractivity contribution in [2.45, 2.75) is 25.2 Å². The molecule has 98 valence electrons. The zero-order valence-corrected chi connectivity index (χ0v) is 11.2. The van der Waals surface area contributed by atoms with Crippen molar-refractivity contribution in [3.8, 4) is 0 Å². The summed E-state index contributed by atoms with van der Waals surface area (Å²) >= 11 is 0. The Labute approximate surface area is 107 Å². The average Bonchev–Trinajstić information content (AvgIpc) is 2.28. The number of hydrogen-bond acceptors (Lipinski definition) is 3. The van der Waals surface area contributed by atoms with Gasteiger partial charge in [0.25, 0.3) is 0 Å². The van der Waals surface area contributed by atoms with Crippen molar-refractivity contribution in [2.24, 2.45) is 5.11 Å². The van der Waals surface area contributed by atoms with E-state index in [9.17, 15) is 8.42 Å². The predicted molar refractivity (Wildman–Crippen MR) is 69.7 cm³/mol. The first-order valence-electron chi connectivity index (χ1n) is 5.55. The van der Waals surface area contributed by atoms with Crippen molar-refractivity contribution in [1.82, 2.24) is 4.72 Å². The number of aryl methyl sites for hydroxylation is 2. The maximum absolute atomic E-state index is 12.0. The highest BCUT2D eigenvalue weighted by Gasteiger charge is 2.15. The standard InChI is InChI=1S/C11H16N4O2S/c1-9-4-5-11(10(2)8-9)18(16,17)14-7-3-6-13-15-12/h4-5,8,14H,3,6-7H2,1-2H3. The molecule has 6 nitrogen and oxygen atoms in total. The summed E-state index contributed by atoms with van der Waals surface area (Å²) in [6.45, 7) is 4.22. The van der Waals surface area contributed by atoms with E-state index in [1.54, 1.807) is 19.1 Å². The molecule has 7 heteroatoms. The minimum Gasteiger partial charge on any atom is -0.211 e. The molecule has 0 atom stereocenters. The third-order valence-corrected chi connectivity index (χ3v) is 4.03. The lowest BCUT2D eigenvalue weighted by Gasteiger charge is -2.09. The fourth-order valence-electron chi connectivity index (χ4n) is 1.58. The zero-order chi connectivity index (χ0) is 13.6. The highest BCUT2D eigenvalue weighted by atomic mass is 32.2. The van der Waals surface area contributed by atoms with Crippen molar-refractivity contribution in [3.05, 3.63) is 39.8 Å². The summed E-state index contributed by atoms with van der Waals surface area (Å²) in [5.41, 5.74) is 9.83. The molecule has 1 aromatic rings. The summed E-state index contributed by atoms with van der Waals surface area (Å²) in [5, 5.41) is 3.34. The van der Waals surface area contributed by atoms with Gasteiger partial charge in [-0.2, -0.15) is 0 Å². The quantitative estimate of drug-likeness (QED) is 0.371. The van der Waals surface area contributed by atoms with Gasteiger partial charge in [-0.05, 0) is 37.4 Å². The number of nitrogens with one attached hydrogen (secondary N) is 1. The zero-order valence-electron chi connectivity index (χ0n) is 10.4. The minimum absolute atomic E-state index is 0.259. The largest absolute Gasteiger partial charge is 0.240 e. The van der Waals surface area contributed by atoms with Crippen molar-refractivity contribution in [2.75, 3.05) is 13.1 Å². The fourth-order valence-corrected chi connectivity index (χ4v) is 2.88. The molecular formula is C11H16N4O2S. The lowest BCUT2D eigenvalue weighted by atomic mass is 10.2. The normalized spacial score (nSPS) is 11.0. The summed E-state index contributed by atoms with van der Waals surface area (Å²) in [4.78, 5) is 2.89. The Balaban J connectivity index is 2.71. The second kappa shape index (κ2) is 6.39. The van der Waals surface area contributed by atoms with Gasteiger partial charge < -0.3 is 0 Å². The van der Waals surface area contributed by atoms with E-state index in [0.717, 1.165) is 11.1 Å². The SMILES string of the molecule is Cc1ccc(S(=O)(=O)NCCCN=[N+]=[N-])c(C)c1. The predicted octanol–water partition coefficient (Wildman–Crippen LogP) is 2.28. The van der Waals surface area contributed by atoms with Gasteiger partial charge in [0.05, 0.1) is 4.90 Å². The van der Waals surface area contributed by atoms with Gasteiger partial charge in [0.1, 0.15) is 0 Å². The van der Waals surface area contributed by atoms with E-state index in [0.29, 0.717) is 6.42 Å². The maximum atomic E-state index is 12.0. The first-order chi connectivity index (χ1) is 8.47. The van der Waals surface area contributed by atoms with Crippen LogP contribution < -0.4 is 4.72 Å². The van der Waals surface area contributed by atoms with Crippen LogP contribution in [0.25, 0.3) is 10.4 Å². The van der Waals surface area contributed by atoms with Gasteiger partial charge in [0, 0.05) is 18.0 Å². The van der Waals surface area contributed by atoms with Crippen LogP contribution in [0.15, 0.2) is 28.2 Å². The molecule has 1 N–H and O–H groups in total. The molecule has 0 aromatic heterocycles. The number of hydrogen-bond donors (Lipinski definition) is 1. The Morgan fingerprint density at radius 3 is 2.72 bits per heavy atom. The third kappa shape index (κ3) is 4.03. The van der Waals surface area contributed by atoms with E-state index in [1.165, 1.54) is 0 Å². The lowest BCUT2D eigenvalue weighted by molar-refractivity contribution is 0.579. The van der Waals surface area contributed by atoms with Gasteiger partial charge in [0.2, 0.25) is 10.0 Å². The molecular weight excluding hydrogens is 252 g/mol. The summed E-state index contributed by atoms with van der Waals surface area (Å²) in [6.07, 6.45) is 0.480. The topological polar surface area (TPSA) is 94.9 Å². The van der Waals surface area contributed by atoms with Gasteiger partial charge in [-0.25, -0.2) is 13.1 Å². The highest BCUT2D eigenvalue weighted by Crippen LogP contribution is 2.15. The lowest BCUT2D eigenvalue weighted by Crippen LogP contribution is -2.25. The minimum atomic E-state index is -3.48. The Kier molecular flexibility index (Phi) is 5.15. The van der Waals surface area contributed by atoms with E-state index in [4.69, 9.17) is 5.53 Å². The summed E-state index contributed by atoms with van der Waals surface area (Å²) in [5.74, 6) is 0. The van der Waals surface area contributed by atoms with Crippen molar-refractivity contribution >= 4 is 10.0 Å². The Hall–Kier alpha value is -1.56. The van der Waals surface area contributed by atoms with Crippen molar-refractivity contribution in [3.63, 3.8) is 0 Å². The molecule has 0 bridgehead atoms. The summed E-state index contributed by atoms with van der Waals surface area (Å²) in [6, 6.07) is 5.19. The van der Waals surface area contributed by atoms with Crippen LogP contribution in [-0.4, -0.2) is 21.5 Å². The van der Waals surface area contributed by atoms with Crippen LogP contribution in [0, 0.1) is 13.8 Å². The number of rotatable bonds is 6. The summed E-state index contributed by atoms with van der Waals surface area (Å²) in [7, 11) is -3.48. The van der Waals surface area contributed by atoms with Crippen LogP contribution in [0.3, 0.4) is 0 Å². The van der Waals surface area contributed by atoms with E-state index in [2.05, 4.69) is 14.7 Å². The van der Waals surface area contributed by atoms with E-state index in [-0.39, 0.29) is 18.0 Å². The molecule has 0 fully saturated rings. The summed E-state index contributed by atoms with van der Waals surface area (Å²) < 4.78 is 26.4. The van der Waals surface area contributed by atoms with Crippen LogP contribution >= 0.6 is 0 Å². The first-order valence-corrected chi connectivity index (χ1v) is 7.03. The Bertz CT molecular complexity index is 562.